The number of rotatable bonds is 3. The zero-order chi connectivity index (χ0) is 11.4. The Morgan fingerprint density at radius 1 is 1.60 bits per heavy atom. The van der Waals surface area contributed by atoms with E-state index in [-0.39, 0.29) is 22.8 Å². The molecule has 0 saturated carbocycles. The van der Waals surface area contributed by atoms with Crippen LogP contribution in [-0.4, -0.2) is 17.5 Å². The second-order valence-electron chi connectivity index (χ2n) is 2.97. The molecule has 1 aromatic rings. The van der Waals surface area contributed by atoms with Crippen molar-refractivity contribution in [3.8, 4) is 17.6 Å². The van der Waals surface area contributed by atoms with Crippen LogP contribution < -0.4 is 4.74 Å². The highest BCUT2D eigenvalue weighted by molar-refractivity contribution is 5.95. The molecular formula is C11H11NO3. The summed E-state index contributed by atoms with van der Waals surface area (Å²) in [5, 5.41) is 18.3. The van der Waals surface area contributed by atoms with Gasteiger partial charge in [0.1, 0.15) is 23.1 Å². The molecule has 0 bridgehead atoms. The van der Waals surface area contributed by atoms with Crippen LogP contribution in [0.25, 0.3) is 0 Å². The zero-order valence-corrected chi connectivity index (χ0v) is 8.57. The fourth-order valence-electron chi connectivity index (χ4n) is 1.19. The number of nitrogens with zero attached hydrogens (tertiary/aromatic N) is 1. The van der Waals surface area contributed by atoms with Gasteiger partial charge in [0.2, 0.25) is 0 Å². The maximum Gasteiger partial charge on any atom is 0.160 e. The van der Waals surface area contributed by atoms with Crippen molar-refractivity contribution in [2.45, 2.75) is 13.8 Å². The van der Waals surface area contributed by atoms with Gasteiger partial charge in [0.05, 0.1) is 6.61 Å². The van der Waals surface area contributed by atoms with E-state index in [1.165, 1.54) is 19.1 Å². The molecule has 4 nitrogen and oxygen atoms in total. The van der Waals surface area contributed by atoms with E-state index in [1.807, 2.05) is 6.07 Å². The third-order valence-corrected chi connectivity index (χ3v) is 1.90. The zero-order valence-electron chi connectivity index (χ0n) is 8.57. The van der Waals surface area contributed by atoms with Gasteiger partial charge in [-0.2, -0.15) is 5.26 Å². The van der Waals surface area contributed by atoms with Crippen molar-refractivity contribution < 1.29 is 14.6 Å². The minimum absolute atomic E-state index is 0.0573. The Balaban J connectivity index is 3.33. The molecule has 1 rings (SSSR count). The first-order chi connectivity index (χ1) is 7.10. The molecule has 0 radical (unpaired) electrons. The minimum Gasteiger partial charge on any atom is -0.506 e. The van der Waals surface area contributed by atoms with Crippen molar-refractivity contribution in [2.75, 3.05) is 6.61 Å². The summed E-state index contributed by atoms with van der Waals surface area (Å²) in [5.74, 6) is -0.172. The molecule has 0 aliphatic carbocycles. The van der Waals surface area contributed by atoms with Crippen molar-refractivity contribution in [2.24, 2.45) is 0 Å². The van der Waals surface area contributed by atoms with E-state index >= 15 is 0 Å². The van der Waals surface area contributed by atoms with Gasteiger partial charge in [0.15, 0.2) is 5.78 Å². The Hall–Kier alpha value is -2.02. The molecule has 0 aromatic heterocycles. The van der Waals surface area contributed by atoms with Gasteiger partial charge in [-0.05, 0) is 26.0 Å². The number of phenolic OH excluding ortho intramolecular Hbond substituents is 1. The number of hydrogen-bond acceptors (Lipinski definition) is 4. The maximum atomic E-state index is 11.1. The lowest BCUT2D eigenvalue weighted by Crippen LogP contribution is -1.99. The molecule has 0 unspecified atom stereocenters. The number of hydrogen-bond donors (Lipinski definition) is 1. The van der Waals surface area contributed by atoms with E-state index in [0.29, 0.717) is 12.2 Å². The molecule has 1 aromatic carbocycles. The number of ketones is 1. The number of Topliss-reactive ketones (excluding diaryl/α,β-unsaturated/α-hetero) is 1. The van der Waals surface area contributed by atoms with Crippen LogP contribution in [0, 0.1) is 11.3 Å². The van der Waals surface area contributed by atoms with Crippen molar-refractivity contribution in [3.63, 3.8) is 0 Å². The number of carbonyl (C=O) groups excluding carboxylic acids is 1. The van der Waals surface area contributed by atoms with E-state index in [2.05, 4.69) is 0 Å². The number of benzene rings is 1. The molecule has 0 heterocycles. The Morgan fingerprint density at radius 2 is 2.27 bits per heavy atom. The molecule has 1 N–H and O–H groups in total. The molecule has 78 valence electrons. The van der Waals surface area contributed by atoms with Gasteiger partial charge < -0.3 is 9.84 Å². The SMILES string of the molecule is CCOc1cc(C(C)=O)cc(O)c1C#N. The van der Waals surface area contributed by atoms with Crippen LogP contribution in [0.15, 0.2) is 12.1 Å². The maximum absolute atomic E-state index is 11.1. The van der Waals surface area contributed by atoms with E-state index in [0.717, 1.165) is 0 Å². The fourth-order valence-corrected chi connectivity index (χ4v) is 1.19. The largest absolute Gasteiger partial charge is 0.506 e. The van der Waals surface area contributed by atoms with Crippen LogP contribution in [0.2, 0.25) is 0 Å². The first kappa shape index (κ1) is 11.1. The standard InChI is InChI=1S/C11H11NO3/c1-3-15-11-5-8(7(2)13)4-10(14)9(11)6-12/h4-5,14H,3H2,1-2H3. The van der Waals surface area contributed by atoms with Gasteiger partial charge in [-0.3, -0.25) is 4.79 Å². The third kappa shape index (κ3) is 2.26. The third-order valence-electron chi connectivity index (χ3n) is 1.90. The Bertz CT molecular complexity index is 432. The number of aromatic hydroxyl groups is 1. The lowest BCUT2D eigenvalue weighted by atomic mass is 10.1. The number of carbonyl (C=O) groups is 1. The number of ether oxygens (including phenoxy) is 1. The summed E-state index contributed by atoms with van der Waals surface area (Å²) in [5.41, 5.74) is 0.386. The molecule has 0 aliphatic rings. The molecule has 0 fully saturated rings. The fraction of sp³-hybridized carbons (Fsp3) is 0.273. The molecule has 15 heavy (non-hydrogen) atoms. The quantitative estimate of drug-likeness (QED) is 0.764. The predicted octanol–water partition coefficient (Wildman–Crippen LogP) is 1.87. The van der Waals surface area contributed by atoms with Crippen molar-refractivity contribution >= 4 is 5.78 Å². The lowest BCUT2D eigenvalue weighted by molar-refractivity contribution is 0.101. The molecule has 0 atom stereocenters. The van der Waals surface area contributed by atoms with Gasteiger partial charge in [0, 0.05) is 5.56 Å². The Kier molecular flexibility index (Phi) is 3.29. The van der Waals surface area contributed by atoms with Crippen LogP contribution in [0.1, 0.15) is 29.8 Å². The molecule has 0 saturated heterocycles. The highest BCUT2D eigenvalue weighted by Gasteiger charge is 2.12. The topological polar surface area (TPSA) is 70.3 Å². The summed E-state index contributed by atoms with van der Waals surface area (Å²) in [6.07, 6.45) is 0. The molecular weight excluding hydrogens is 194 g/mol. The average molecular weight is 205 g/mol. The van der Waals surface area contributed by atoms with Crippen LogP contribution in [-0.2, 0) is 0 Å². The van der Waals surface area contributed by atoms with Crippen molar-refractivity contribution in [1.29, 1.82) is 5.26 Å². The van der Waals surface area contributed by atoms with Crippen LogP contribution in [0.4, 0.5) is 0 Å². The Morgan fingerprint density at radius 3 is 2.73 bits per heavy atom. The van der Waals surface area contributed by atoms with Gasteiger partial charge >= 0.3 is 0 Å². The number of phenols is 1. The van der Waals surface area contributed by atoms with Gasteiger partial charge in [-0.25, -0.2) is 0 Å². The monoisotopic (exact) mass is 205 g/mol. The first-order valence-corrected chi connectivity index (χ1v) is 4.51. The van der Waals surface area contributed by atoms with Gasteiger partial charge in [-0.15, -0.1) is 0 Å². The number of nitriles is 1. The average Bonchev–Trinajstić information content (AvgIpc) is 2.17. The summed E-state index contributed by atoms with van der Waals surface area (Å²) in [7, 11) is 0. The van der Waals surface area contributed by atoms with E-state index < -0.39 is 0 Å². The lowest BCUT2D eigenvalue weighted by Gasteiger charge is -2.08. The summed E-state index contributed by atoms with van der Waals surface area (Å²) in [4.78, 5) is 11.1. The normalized spacial score (nSPS) is 9.40. The molecule has 0 amide bonds. The Labute approximate surface area is 87.7 Å². The summed E-state index contributed by atoms with van der Waals surface area (Å²) < 4.78 is 5.16. The van der Waals surface area contributed by atoms with Crippen LogP contribution in [0.3, 0.4) is 0 Å². The molecule has 0 spiro atoms. The smallest absolute Gasteiger partial charge is 0.160 e. The van der Waals surface area contributed by atoms with Crippen LogP contribution in [0.5, 0.6) is 11.5 Å². The van der Waals surface area contributed by atoms with Crippen LogP contribution >= 0.6 is 0 Å². The van der Waals surface area contributed by atoms with Gasteiger partial charge in [-0.1, -0.05) is 0 Å². The summed E-state index contributed by atoms with van der Waals surface area (Å²) >= 11 is 0. The molecule has 4 heteroatoms. The highest BCUT2D eigenvalue weighted by Crippen LogP contribution is 2.29. The van der Waals surface area contributed by atoms with E-state index in [9.17, 15) is 9.90 Å². The van der Waals surface area contributed by atoms with E-state index in [4.69, 9.17) is 10.00 Å². The predicted molar refractivity (Wildman–Crippen MR) is 54.0 cm³/mol. The van der Waals surface area contributed by atoms with Crippen molar-refractivity contribution in [3.05, 3.63) is 23.3 Å². The van der Waals surface area contributed by atoms with Crippen molar-refractivity contribution in [1.82, 2.24) is 0 Å². The highest BCUT2D eigenvalue weighted by atomic mass is 16.5. The first-order valence-electron chi connectivity index (χ1n) is 4.51. The van der Waals surface area contributed by atoms with E-state index in [1.54, 1.807) is 6.92 Å². The summed E-state index contributed by atoms with van der Waals surface area (Å²) in [6, 6.07) is 4.56. The second kappa shape index (κ2) is 4.47. The van der Waals surface area contributed by atoms with Gasteiger partial charge in [0.25, 0.3) is 0 Å². The minimum atomic E-state index is -0.228. The second-order valence-corrected chi connectivity index (χ2v) is 2.97. The molecule has 0 aliphatic heterocycles. The summed E-state index contributed by atoms with van der Waals surface area (Å²) in [6.45, 7) is 3.52.